The fourth-order valence-electron chi connectivity index (χ4n) is 5.52. The molecule has 0 spiro atoms. The molecule has 1 aliphatic carbocycles. The normalized spacial score (nSPS) is 19.0. The van der Waals surface area contributed by atoms with Crippen LogP contribution in [0.15, 0.2) is 41.3 Å². The molecule has 38 heavy (non-hydrogen) atoms. The van der Waals surface area contributed by atoms with Crippen molar-refractivity contribution in [2.75, 3.05) is 24.6 Å². The molecule has 0 bridgehead atoms. The SMILES string of the molecule is CCOC(=O)c1cc(C2CC2)c2c(C)c(N3CC[C@H](ON4C(=O)c5ccccc5C4=O)C3)c(F)cn2c1=O. The maximum atomic E-state index is 15.6. The Kier molecular flexibility index (Phi) is 5.79. The van der Waals surface area contributed by atoms with Crippen molar-refractivity contribution in [1.29, 1.82) is 0 Å². The molecule has 1 saturated heterocycles. The summed E-state index contributed by atoms with van der Waals surface area (Å²) in [5, 5.41) is 0.796. The molecule has 6 rings (SSSR count). The van der Waals surface area contributed by atoms with Gasteiger partial charge in [-0.05, 0) is 68.4 Å². The molecule has 0 N–H and O–H groups in total. The third kappa shape index (κ3) is 3.78. The number of carbonyl (C=O) groups is 3. The van der Waals surface area contributed by atoms with E-state index in [-0.39, 0.29) is 24.6 Å². The van der Waals surface area contributed by atoms with E-state index in [4.69, 9.17) is 9.57 Å². The van der Waals surface area contributed by atoms with Gasteiger partial charge in [0.2, 0.25) is 0 Å². The lowest BCUT2D eigenvalue weighted by atomic mass is 10.0. The highest BCUT2D eigenvalue weighted by molar-refractivity contribution is 6.20. The molecule has 2 aliphatic heterocycles. The highest BCUT2D eigenvalue weighted by atomic mass is 19.1. The van der Waals surface area contributed by atoms with Crippen LogP contribution in [0.3, 0.4) is 0 Å². The minimum Gasteiger partial charge on any atom is -0.462 e. The number of pyridine rings is 2. The Morgan fingerprint density at radius 3 is 2.39 bits per heavy atom. The van der Waals surface area contributed by atoms with Gasteiger partial charge in [0.15, 0.2) is 5.82 Å². The van der Waals surface area contributed by atoms with Crippen molar-refractivity contribution >= 4 is 29.0 Å². The first-order valence-electron chi connectivity index (χ1n) is 12.7. The van der Waals surface area contributed by atoms with Gasteiger partial charge in [0.05, 0.1) is 35.1 Å². The number of hydroxylamine groups is 2. The van der Waals surface area contributed by atoms with E-state index in [1.54, 1.807) is 44.2 Å². The molecule has 2 amide bonds. The predicted octanol–water partition coefficient (Wildman–Crippen LogP) is 3.61. The lowest BCUT2D eigenvalue weighted by Crippen LogP contribution is -2.36. The molecule has 10 heteroatoms. The van der Waals surface area contributed by atoms with Crippen molar-refractivity contribution in [2.24, 2.45) is 0 Å². The summed E-state index contributed by atoms with van der Waals surface area (Å²) in [6, 6.07) is 8.14. The van der Waals surface area contributed by atoms with Crippen molar-refractivity contribution in [3.63, 3.8) is 0 Å². The minimum absolute atomic E-state index is 0.103. The maximum absolute atomic E-state index is 15.6. The second-order valence-electron chi connectivity index (χ2n) is 9.89. The van der Waals surface area contributed by atoms with Gasteiger partial charge in [0, 0.05) is 13.1 Å². The minimum atomic E-state index is -0.719. The van der Waals surface area contributed by atoms with E-state index in [1.165, 1.54) is 4.40 Å². The number of esters is 1. The third-order valence-corrected chi connectivity index (χ3v) is 7.43. The highest BCUT2D eigenvalue weighted by Gasteiger charge is 2.40. The van der Waals surface area contributed by atoms with Gasteiger partial charge >= 0.3 is 5.97 Å². The van der Waals surface area contributed by atoms with Crippen molar-refractivity contribution in [2.45, 2.75) is 45.1 Å². The summed E-state index contributed by atoms with van der Waals surface area (Å²) in [6.07, 6.45) is 2.93. The Bertz CT molecular complexity index is 1540. The molecule has 1 aromatic carbocycles. The number of ether oxygens (including phenoxy) is 1. The third-order valence-electron chi connectivity index (χ3n) is 7.43. The van der Waals surface area contributed by atoms with Crippen molar-refractivity contribution in [3.05, 3.63) is 80.5 Å². The number of imide groups is 1. The van der Waals surface area contributed by atoms with Crippen LogP contribution in [0.25, 0.3) is 5.52 Å². The maximum Gasteiger partial charge on any atom is 0.343 e. The smallest absolute Gasteiger partial charge is 0.343 e. The molecule has 9 nitrogen and oxygen atoms in total. The van der Waals surface area contributed by atoms with Crippen LogP contribution < -0.4 is 10.5 Å². The number of hydrogen-bond acceptors (Lipinski definition) is 7. The molecule has 0 radical (unpaired) electrons. The van der Waals surface area contributed by atoms with Gasteiger partial charge in [-0.3, -0.25) is 23.6 Å². The number of carbonyl (C=O) groups excluding carboxylic acids is 3. The Hall–Kier alpha value is -4.05. The van der Waals surface area contributed by atoms with Gasteiger partial charge in [-0.15, -0.1) is 5.06 Å². The Balaban J connectivity index is 1.32. The van der Waals surface area contributed by atoms with Crippen LogP contribution in [-0.2, 0) is 9.57 Å². The fraction of sp³-hybridized carbons (Fsp3) is 0.357. The molecule has 0 unspecified atom stereocenters. The first-order chi connectivity index (χ1) is 18.3. The first-order valence-corrected chi connectivity index (χ1v) is 12.7. The van der Waals surface area contributed by atoms with Crippen LogP contribution in [0, 0.1) is 12.7 Å². The summed E-state index contributed by atoms with van der Waals surface area (Å²) in [7, 11) is 0. The van der Waals surface area contributed by atoms with Gasteiger partial charge in [-0.2, -0.15) is 0 Å². The van der Waals surface area contributed by atoms with E-state index in [9.17, 15) is 19.2 Å². The zero-order valence-electron chi connectivity index (χ0n) is 21.0. The number of hydrogen-bond donors (Lipinski definition) is 0. The average molecular weight is 520 g/mol. The van der Waals surface area contributed by atoms with Crippen LogP contribution in [0.1, 0.15) is 74.3 Å². The van der Waals surface area contributed by atoms with Crippen molar-refractivity contribution < 1.29 is 28.3 Å². The fourth-order valence-corrected chi connectivity index (χ4v) is 5.52. The van der Waals surface area contributed by atoms with Gasteiger partial charge in [-0.25, -0.2) is 9.18 Å². The molecular weight excluding hydrogens is 493 g/mol. The lowest BCUT2D eigenvalue weighted by molar-refractivity contribution is -0.124. The van der Waals surface area contributed by atoms with E-state index in [1.807, 2.05) is 4.90 Å². The van der Waals surface area contributed by atoms with E-state index < -0.39 is 35.3 Å². The molecule has 1 atom stereocenters. The zero-order chi connectivity index (χ0) is 26.7. The van der Waals surface area contributed by atoms with Crippen LogP contribution in [-0.4, -0.2) is 53.0 Å². The van der Waals surface area contributed by atoms with Gasteiger partial charge in [0.25, 0.3) is 17.4 Å². The summed E-state index contributed by atoms with van der Waals surface area (Å²) < 4.78 is 21.9. The molecule has 2 fully saturated rings. The quantitative estimate of drug-likeness (QED) is 0.363. The Labute approximate surface area is 217 Å². The number of amides is 2. The zero-order valence-corrected chi connectivity index (χ0v) is 21.0. The summed E-state index contributed by atoms with van der Waals surface area (Å²) in [4.78, 5) is 58.6. The predicted molar refractivity (Wildman–Crippen MR) is 135 cm³/mol. The highest BCUT2D eigenvalue weighted by Crippen LogP contribution is 2.44. The van der Waals surface area contributed by atoms with Gasteiger partial charge in [-0.1, -0.05) is 12.1 Å². The van der Waals surface area contributed by atoms with Crippen molar-refractivity contribution in [3.8, 4) is 0 Å². The number of benzene rings is 1. The number of fused-ring (bicyclic) bond motifs is 2. The van der Waals surface area contributed by atoms with Crippen LogP contribution in [0.2, 0.25) is 0 Å². The Morgan fingerprint density at radius 1 is 1.08 bits per heavy atom. The molecule has 196 valence electrons. The number of anilines is 1. The van der Waals surface area contributed by atoms with Crippen LogP contribution in [0.5, 0.6) is 0 Å². The number of aromatic nitrogens is 1. The standard InChI is InChI=1S/C28H26FN3O6/c1-3-37-28(36)21-12-20(16-8-9-16)23-15(2)24(22(29)14-31(23)25(21)33)30-11-10-17(13-30)38-32-26(34)18-6-4-5-7-19(18)27(32)35/h4-7,12,14,16-17H,3,8-11,13H2,1-2H3/t17-/m0/s1. The average Bonchev–Trinajstić information content (AvgIpc) is 3.60. The second-order valence-corrected chi connectivity index (χ2v) is 9.89. The molecule has 4 heterocycles. The topological polar surface area (TPSA) is 97.6 Å². The largest absolute Gasteiger partial charge is 0.462 e. The summed E-state index contributed by atoms with van der Waals surface area (Å²) in [6.45, 7) is 4.25. The second kappa shape index (κ2) is 9.05. The number of rotatable bonds is 6. The van der Waals surface area contributed by atoms with E-state index >= 15 is 4.39 Å². The van der Waals surface area contributed by atoms with E-state index in [0.717, 1.165) is 29.7 Å². The van der Waals surface area contributed by atoms with Crippen molar-refractivity contribution in [1.82, 2.24) is 9.46 Å². The number of aryl methyl sites for hydroxylation is 1. The van der Waals surface area contributed by atoms with E-state index in [2.05, 4.69) is 0 Å². The lowest BCUT2D eigenvalue weighted by Gasteiger charge is -2.25. The van der Waals surface area contributed by atoms with E-state index in [0.29, 0.717) is 40.9 Å². The van der Waals surface area contributed by atoms with Gasteiger partial charge < -0.3 is 9.64 Å². The summed E-state index contributed by atoms with van der Waals surface area (Å²) >= 11 is 0. The first kappa shape index (κ1) is 24.3. The molecular formula is C28H26FN3O6. The van der Waals surface area contributed by atoms with Crippen LogP contribution in [0.4, 0.5) is 10.1 Å². The molecule has 2 aromatic heterocycles. The van der Waals surface area contributed by atoms with Crippen LogP contribution >= 0.6 is 0 Å². The monoisotopic (exact) mass is 519 g/mol. The number of halogens is 1. The molecule has 3 aromatic rings. The molecule has 3 aliphatic rings. The summed E-state index contributed by atoms with van der Waals surface area (Å²) in [5.41, 5.74) is 2.20. The number of nitrogens with zero attached hydrogens (tertiary/aromatic N) is 3. The van der Waals surface area contributed by atoms with Gasteiger partial charge in [0.1, 0.15) is 11.7 Å². The molecule has 1 saturated carbocycles. The summed E-state index contributed by atoms with van der Waals surface area (Å²) in [5.74, 6) is -2.17. The Morgan fingerprint density at radius 2 is 1.76 bits per heavy atom.